The van der Waals surface area contributed by atoms with Crippen molar-refractivity contribution in [1.82, 2.24) is 4.90 Å². The van der Waals surface area contributed by atoms with Gasteiger partial charge in [-0.05, 0) is 30.0 Å². The summed E-state index contributed by atoms with van der Waals surface area (Å²) in [6.07, 6.45) is 2.96. The molecule has 2 amide bonds. The molecule has 2 heterocycles. The van der Waals surface area contributed by atoms with Crippen LogP contribution in [0.1, 0.15) is 16.1 Å². The number of halogens is 1. The third-order valence-electron chi connectivity index (χ3n) is 3.56. The standard InChI is InChI=1S/C18H12ClNO5S/c1-2-7-20-16(21)15(26-18(20)24)9-11-4-6-14(25-11)10-3-5-12(17(22)23)13(19)8-10/h2-6,8-9H,1,7H2,(H,22,23)/p-1/b15-9+. The second kappa shape index (κ2) is 7.23. The van der Waals surface area contributed by atoms with Gasteiger partial charge in [-0.15, -0.1) is 6.58 Å². The highest BCUT2D eigenvalue weighted by Gasteiger charge is 2.34. The number of imide groups is 1. The van der Waals surface area contributed by atoms with E-state index in [1.165, 1.54) is 30.4 Å². The fourth-order valence-corrected chi connectivity index (χ4v) is 3.42. The lowest BCUT2D eigenvalue weighted by molar-refractivity contribution is -0.255. The van der Waals surface area contributed by atoms with E-state index < -0.39 is 11.9 Å². The fraction of sp³-hybridized carbons (Fsp3) is 0.0556. The number of nitrogens with zero attached hydrogens (tertiary/aromatic N) is 1. The van der Waals surface area contributed by atoms with Crippen molar-refractivity contribution in [2.45, 2.75) is 0 Å². The van der Waals surface area contributed by atoms with E-state index in [-0.39, 0.29) is 27.3 Å². The minimum Gasteiger partial charge on any atom is -0.545 e. The molecule has 0 radical (unpaired) electrons. The van der Waals surface area contributed by atoms with Crippen molar-refractivity contribution in [2.75, 3.05) is 6.54 Å². The molecule has 0 unspecified atom stereocenters. The number of carbonyl (C=O) groups is 3. The van der Waals surface area contributed by atoms with E-state index in [9.17, 15) is 19.5 Å². The normalized spacial score (nSPS) is 15.7. The highest BCUT2D eigenvalue weighted by Crippen LogP contribution is 2.33. The Morgan fingerprint density at radius 1 is 1.31 bits per heavy atom. The topological polar surface area (TPSA) is 90.7 Å². The zero-order chi connectivity index (χ0) is 18.8. The Balaban J connectivity index is 1.86. The summed E-state index contributed by atoms with van der Waals surface area (Å²) in [5.41, 5.74) is 0.456. The number of aromatic carboxylic acids is 1. The van der Waals surface area contributed by atoms with E-state index in [0.717, 1.165) is 16.7 Å². The van der Waals surface area contributed by atoms with Gasteiger partial charge in [0.15, 0.2) is 0 Å². The highest BCUT2D eigenvalue weighted by atomic mass is 35.5. The maximum atomic E-state index is 12.2. The van der Waals surface area contributed by atoms with Gasteiger partial charge in [-0.2, -0.15) is 0 Å². The van der Waals surface area contributed by atoms with Crippen molar-refractivity contribution in [3.63, 3.8) is 0 Å². The van der Waals surface area contributed by atoms with Crippen LogP contribution in [0.25, 0.3) is 17.4 Å². The number of hydrogen-bond donors (Lipinski definition) is 0. The van der Waals surface area contributed by atoms with Crippen LogP contribution >= 0.6 is 23.4 Å². The van der Waals surface area contributed by atoms with Crippen LogP contribution in [0.5, 0.6) is 0 Å². The van der Waals surface area contributed by atoms with Crippen LogP contribution in [-0.4, -0.2) is 28.6 Å². The predicted molar refractivity (Wildman–Crippen MR) is 96.4 cm³/mol. The van der Waals surface area contributed by atoms with Crippen LogP contribution in [0.2, 0.25) is 5.02 Å². The van der Waals surface area contributed by atoms with E-state index in [0.29, 0.717) is 17.1 Å². The molecule has 0 atom stereocenters. The number of hydrogen-bond acceptors (Lipinski definition) is 6. The Morgan fingerprint density at radius 2 is 2.08 bits per heavy atom. The minimum atomic E-state index is -1.36. The van der Waals surface area contributed by atoms with Crippen molar-refractivity contribution >= 4 is 46.6 Å². The zero-order valence-electron chi connectivity index (χ0n) is 13.2. The van der Waals surface area contributed by atoms with Gasteiger partial charge in [0.05, 0.1) is 15.9 Å². The molecule has 0 bridgehead atoms. The molecule has 2 aromatic rings. The molecular weight excluding hydrogens is 378 g/mol. The van der Waals surface area contributed by atoms with Crippen LogP contribution in [0.15, 0.2) is 52.3 Å². The van der Waals surface area contributed by atoms with Crippen LogP contribution in [-0.2, 0) is 4.79 Å². The summed E-state index contributed by atoms with van der Waals surface area (Å²) in [6.45, 7) is 3.67. The molecule has 1 aliphatic heterocycles. The maximum absolute atomic E-state index is 12.2. The van der Waals surface area contributed by atoms with Crippen molar-refractivity contribution in [3.8, 4) is 11.3 Å². The van der Waals surface area contributed by atoms with E-state index in [4.69, 9.17) is 16.0 Å². The molecule has 3 rings (SSSR count). The van der Waals surface area contributed by atoms with Crippen LogP contribution < -0.4 is 5.11 Å². The maximum Gasteiger partial charge on any atom is 0.293 e. The summed E-state index contributed by atoms with van der Waals surface area (Å²) in [5, 5.41) is 10.6. The first-order valence-electron chi connectivity index (χ1n) is 7.38. The van der Waals surface area contributed by atoms with Gasteiger partial charge in [0.25, 0.3) is 11.1 Å². The molecule has 0 saturated carbocycles. The first-order valence-corrected chi connectivity index (χ1v) is 8.57. The number of carboxylic acid groups (broad SMARTS) is 1. The minimum absolute atomic E-state index is 0.0333. The molecule has 8 heteroatoms. The van der Waals surface area contributed by atoms with Crippen molar-refractivity contribution in [2.24, 2.45) is 0 Å². The third kappa shape index (κ3) is 3.44. The lowest BCUT2D eigenvalue weighted by Crippen LogP contribution is -2.27. The number of carbonyl (C=O) groups excluding carboxylic acids is 3. The second-order valence-electron chi connectivity index (χ2n) is 5.27. The van der Waals surface area contributed by atoms with Gasteiger partial charge >= 0.3 is 0 Å². The predicted octanol–water partition coefficient (Wildman–Crippen LogP) is 3.19. The van der Waals surface area contributed by atoms with Gasteiger partial charge in [-0.1, -0.05) is 29.8 Å². The fourth-order valence-electron chi connectivity index (χ4n) is 2.34. The van der Waals surface area contributed by atoms with E-state index in [2.05, 4.69) is 6.58 Å². The number of furan rings is 1. The van der Waals surface area contributed by atoms with Crippen molar-refractivity contribution in [3.05, 3.63) is 64.2 Å². The van der Waals surface area contributed by atoms with E-state index in [1.807, 2.05) is 0 Å². The average molecular weight is 389 g/mol. The summed E-state index contributed by atoms with van der Waals surface area (Å²) in [4.78, 5) is 36.2. The zero-order valence-corrected chi connectivity index (χ0v) is 14.8. The highest BCUT2D eigenvalue weighted by molar-refractivity contribution is 8.18. The number of benzene rings is 1. The molecule has 1 aromatic carbocycles. The number of amides is 2. The van der Waals surface area contributed by atoms with Gasteiger partial charge in [-0.3, -0.25) is 14.5 Å². The van der Waals surface area contributed by atoms with E-state index in [1.54, 1.807) is 12.1 Å². The monoisotopic (exact) mass is 388 g/mol. The smallest absolute Gasteiger partial charge is 0.293 e. The summed E-state index contributed by atoms with van der Waals surface area (Å²) in [7, 11) is 0. The molecule has 1 aromatic heterocycles. The Kier molecular flexibility index (Phi) is 5.01. The average Bonchev–Trinajstić information content (AvgIpc) is 3.15. The first kappa shape index (κ1) is 18.0. The van der Waals surface area contributed by atoms with Gasteiger partial charge in [0.1, 0.15) is 11.5 Å². The van der Waals surface area contributed by atoms with Gasteiger partial charge < -0.3 is 14.3 Å². The Hall–Kier alpha value is -2.77. The Bertz CT molecular complexity index is 962. The van der Waals surface area contributed by atoms with E-state index >= 15 is 0 Å². The van der Waals surface area contributed by atoms with Gasteiger partial charge in [0, 0.05) is 23.7 Å². The Morgan fingerprint density at radius 3 is 2.73 bits per heavy atom. The van der Waals surface area contributed by atoms with Crippen molar-refractivity contribution in [1.29, 1.82) is 0 Å². The molecule has 0 spiro atoms. The lowest BCUT2D eigenvalue weighted by Gasteiger charge is -2.07. The molecule has 132 valence electrons. The molecule has 0 N–H and O–H groups in total. The van der Waals surface area contributed by atoms with Gasteiger partial charge in [0.2, 0.25) is 0 Å². The largest absolute Gasteiger partial charge is 0.545 e. The molecule has 1 saturated heterocycles. The van der Waals surface area contributed by atoms with Gasteiger partial charge in [-0.25, -0.2) is 0 Å². The van der Waals surface area contributed by atoms with Crippen LogP contribution in [0, 0.1) is 0 Å². The first-order chi connectivity index (χ1) is 12.4. The number of thioether (sulfide) groups is 1. The molecule has 1 aliphatic rings. The third-order valence-corrected chi connectivity index (χ3v) is 4.78. The van der Waals surface area contributed by atoms with Crippen LogP contribution in [0.4, 0.5) is 4.79 Å². The SMILES string of the molecule is C=CCN1C(=O)S/C(=C/c2ccc(-c3ccc(C(=O)[O-])c(Cl)c3)o2)C1=O. The molecule has 0 aliphatic carbocycles. The summed E-state index contributed by atoms with van der Waals surface area (Å²) in [6, 6.07) is 7.61. The van der Waals surface area contributed by atoms with Crippen LogP contribution in [0.3, 0.4) is 0 Å². The molecular formula is C18H11ClNO5S-. The quantitative estimate of drug-likeness (QED) is 0.577. The molecule has 26 heavy (non-hydrogen) atoms. The van der Waals surface area contributed by atoms with Crippen molar-refractivity contribution < 1.29 is 23.9 Å². The summed E-state index contributed by atoms with van der Waals surface area (Å²) < 4.78 is 5.65. The lowest BCUT2D eigenvalue weighted by atomic mass is 10.1. The summed E-state index contributed by atoms with van der Waals surface area (Å²) >= 11 is 6.75. The second-order valence-corrected chi connectivity index (χ2v) is 6.67. The number of rotatable bonds is 5. The summed E-state index contributed by atoms with van der Waals surface area (Å²) in [5.74, 6) is -0.950. The Labute approximate surface area is 157 Å². The molecule has 6 nitrogen and oxygen atoms in total. The number of carboxylic acids is 1. The molecule has 1 fully saturated rings.